The summed E-state index contributed by atoms with van der Waals surface area (Å²) < 4.78 is 5.42. The van der Waals surface area contributed by atoms with E-state index in [2.05, 4.69) is 4.98 Å². The van der Waals surface area contributed by atoms with Crippen LogP contribution in [0.1, 0.15) is 4.88 Å². The van der Waals surface area contributed by atoms with Crippen LogP contribution in [0, 0.1) is 10.1 Å². The van der Waals surface area contributed by atoms with Crippen molar-refractivity contribution in [2.75, 3.05) is 0 Å². The van der Waals surface area contributed by atoms with Gasteiger partial charge in [0.1, 0.15) is 10.9 Å². The lowest BCUT2D eigenvalue weighted by Crippen LogP contribution is -1.88. The van der Waals surface area contributed by atoms with Gasteiger partial charge < -0.3 is 4.74 Å². The molecule has 8 heteroatoms. The van der Waals surface area contributed by atoms with Crippen LogP contribution < -0.4 is 4.74 Å². The number of non-ortho nitro benzene ring substituents is 1. The maximum absolute atomic E-state index is 10.5. The van der Waals surface area contributed by atoms with Gasteiger partial charge in [-0.25, -0.2) is 0 Å². The number of nitrogens with zero attached hydrogens (tertiary/aromatic N) is 2. The van der Waals surface area contributed by atoms with Crippen molar-refractivity contribution in [3.05, 3.63) is 44.4 Å². The maximum Gasteiger partial charge on any atom is 0.280 e. The summed E-state index contributed by atoms with van der Waals surface area (Å²) in [5.74, 6) is 0.715. The summed E-state index contributed by atoms with van der Waals surface area (Å²) in [6, 6.07) is 5.70. The molecule has 0 saturated carbocycles. The molecule has 94 valence electrons. The van der Waals surface area contributed by atoms with E-state index >= 15 is 0 Å². The van der Waals surface area contributed by atoms with E-state index in [-0.39, 0.29) is 11.6 Å². The molecule has 2 aromatic rings. The topological polar surface area (TPSA) is 65.3 Å². The summed E-state index contributed by atoms with van der Waals surface area (Å²) in [5.41, 5.74) is 0.000897. The van der Waals surface area contributed by atoms with Gasteiger partial charge in [0, 0.05) is 12.1 Å². The van der Waals surface area contributed by atoms with E-state index in [1.807, 2.05) is 0 Å². The first-order valence-electron chi connectivity index (χ1n) is 4.73. The number of hydrogen-bond acceptors (Lipinski definition) is 5. The van der Waals surface area contributed by atoms with Crippen LogP contribution >= 0.6 is 34.5 Å². The Morgan fingerprint density at radius 1 is 1.39 bits per heavy atom. The van der Waals surface area contributed by atoms with Gasteiger partial charge in [0.25, 0.3) is 10.9 Å². The zero-order valence-corrected chi connectivity index (χ0v) is 11.1. The van der Waals surface area contributed by atoms with Crippen molar-refractivity contribution in [1.29, 1.82) is 0 Å². The highest BCUT2D eigenvalue weighted by Crippen LogP contribution is 2.33. The van der Waals surface area contributed by atoms with Gasteiger partial charge in [0.15, 0.2) is 0 Å². The molecule has 2 rings (SSSR count). The van der Waals surface area contributed by atoms with E-state index in [4.69, 9.17) is 27.9 Å². The van der Waals surface area contributed by atoms with Gasteiger partial charge in [0.2, 0.25) is 0 Å². The second kappa shape index (κ2) is 5.51. The zero-order chi connectivity index (χ0) is 13.1. The zero-order valence-electron chi connectivity index (χ0n) is 8.80. The monoisotopic (exact) mass is 304 g/mol. The Balaban J connectivity index is 2.15. The Bertz CT molecular complexity index is 571. The molecule has 0 radical (unpaired) electrons. The molecule has 0 unspecified atom stereocenters. The summed E-state index contributed by atoms with van der Waals surface area (Å²) in [6.07, 6.45) is 0. The quantitative estimate of drug-likeness (QED) is 0.481. The summed E-state index contributed by atoms with van der Waals surface area (Å²) in [4.78, 5) is 14.7. The molecule has 0 aliphatic rings. The Kier molecular flexibility index (Phi) is 4.00. The highest BCUT2D eigenvalue weighted by atomic mass is 35.5. The molecular weight excluding hydrogens is 299 g/mol. The van der Waals surface area contributed by atoms with Crippen molar-refractivity contribution >= 4 is 40.2 Å². The lowest BCUT2D eigenvalue weighted by molar-refractivity contribution is -0.384. The number of ether oxygens (including phenoxy) is 1. The second-order valence-electron chi connectivity index (χ2n) is 3.18. The van der Waals surface area contributed by atoms with Crippen molar-refractivity contribution in [3.8, 4) is 10.9 Å². The van der Waals surface area contributed by atoms with E-state index in [1.54, 1.807) is 0 Å². The number of nitro groups is 1. The minimum Gasteiger partial charge on any atom is -0.431 e. The van der Waals surface area contributed by atoms with Crippen LogP contribution in [0.3, 0.4) is 0 Å². The van der Waals surface area contributed by atoms with Crippen LogP contribution in [0.15, 0.2) is 24.3 Å². The van der Waals surface area contributed by atoms with E-state index in [0.717, 1.165) is 4.88 Å². The lowest BCUT2D eigenvalue weighted by Gasteiger charge is -2.00. The number of halogens is 2. The van der Waals surface area contributed by atoms with Crippen LogP contribution in [0.25, 0.3) is 0 Å². The third kappa shape index (κ3) is 2.90. The molecule has 0 amide bonds. The molecule has 18 heavy (non-hydrogen) atoms. The first-order valence-corrected chi connectivity index (χ1v) is 6.46. The number of nitro benzene ring substituents is 1. The fraction of sp³-hybridized carbons (Fsp3) is 0.100. The van der Waals surface area contributed by atoms with Crippen LogP contribution in [-0.4, -0.2) is 9.91 Å². The number of benzene rings is 1. The standard InChI is InChI=1S/C10H6Cl2N2O3S/c11-5-8-9(12)13-10(18-8)17-7-3-1-6(2-4-7)14(15)16/h1-4H,5H2. The Morgan fingerprint density at radius 3 is 2.56 bits per heavy atom. The van der Waals surface area contributed by atoms with Crippen molar-refractivity contribution in [2.24, 2.45) is 0 Å². The van der Waals surface area contributed by atoms with Gasteiger partial charge in [-0.1, -0.05) is 22.9 Å². The SMILES string of the molecule is O=[N+]([O-])c1ccc(Oc2nc(Cl)c(CCl)s2)cc1. The fourth-order valence-electron chi connectivity index (χ4n) is 1.18. The average molecular weight is 305 g/mol. The van der Waals surface area contributed by atoms with E-state index in [0.29, 0.717) is 16.1 Å². The predicted molar refractivity (Wildman–Crippen MR) is 69.9 cm³/mol. The third-order valence-corrected chi connectivity index (χ3v) is 3.79. The summed E-state index contributed by atoms with van der Waals surface area (Å²) >= 11 is 12.7. The molecule has 0 aliphatic carbocycles. The molecule has 0 fully saturated rings. The molecule has 0 spiro atoms. The molecule has 0 bridgehead atoms. The number of alkyl halides is 1. The predicted octanol–water partition coefficient (Wildman–Crippen LogP) is 4.24. The molecule has 0 aliphatic heterocycles. The largest absolute Gasteiger partial charge is 0.431 e. The van der Waals surface area contributed by atoms with Crippen molar-refractivity contribution < 1.29 is 9.66 Å². The van der Waals surface area contributed by atoms with E-state index in [9.17, 15) is 10.1 Å². The van der Waals surface area contributed by atoms with Crippen LogP contribution in [0.4, 0.5) is 5.69 Å². The fourth-order valence-corrected chi connectivity index (χ4v) is 2.51. The first kappa shape index (κ1) is 13.1. The van der Waals surface area contributed by atoms with Crippen molar-refractivity contribution in [2.45, 2.75) is 5.88 Å². The third-order valence-electron chi connectivity index (χ3n) is 2.00. The number of rotatable bonds is 4. The molecule has 1 heterocycles. The van der Waals surface area contributed by atoms with Crippen LogP contribution in [-0.2, 0) is 5.88 Å². The Labute approximate surface area is 116 Å². The number of hydrogen-bond donors (Lipinski definition) is 0. The highest BCUT2D eigenvalue weighted by Gasteiger charge is 2.11. The van der Waals surface area contributed by atoms with Crippen LogP contribution in [0.5, 0.6) is 10.9 Å². The molecule has 0 saturated heterocycles. The number of thiazole rings is 1. The smallest absolute Gasteiger partial charge is 0.280 e. The van der Waals surface area contributed by atoms with E-state index in [1.165, 1.54) is 35.6 Å². The highest BCUT2D eigenvalue weighted by molar-refractivity contribution is 7.14. The maximum atomic E-state index is 10.5. The van der Waals surface area contributed by atoms with Gasteiger partial charge in [-0.2, -0.15) is 4.98 Å². The summed E-state index contributed by atoms with van der Waals surface area (Å²) in [7, 11) is 0. The normalized spacial score (nSPS) is 10.3. The minimum absolute atomic E-state index is 0.000897. The average Bonchev–Trinajstić information content (AvgIpc) is 2.70. The summed E-state index contributed by atoms with van der Waals surface area (Å²) in [6.45, 7) is 0. The van der Waals surface area contributed by atoms with Crippen LogP contribution in [0.2, 0.25) is 5.15 Å². The Morgan fingerprint density at radius 2 is 2.06 bits per heavy atom. The number of aromatic nitrogens is 1. The molecule has 5 nitrogen and oxygen atoms in total. The van der Waals surface area contributed by atoms with Gasteiger partial charge in [-0.15, -0.1) is 11.6 Å². The molecular formula is C10H6Cl2N2O3S. The molecule has 0 atom stereocenters. The molecule has 1 aromatic carbocycles. The van der Waals surface area contributed by atoms with Gasteiger partial charge in [0.05, 0.1) is 15.7 Å². The molecule has 1 aromatic heterocycles. The lowest BCUT2D eigenvalue weighted by atomic mass is 10.3. The second-order valence-corrected chi connectivity index (χ2v) is 4.85. The minimum atomic E-state index is -0.477. The Hall–Kier alpha value is -1.37. The van der Waals surface area contributed by atoms with Gasteiger partial charge in [-0.05, 0) is 12.1 Å². The summed E-state index contributed by atoms with van der Waals surface area (Å²) in [5, 5.41) is 11.1. The van der Waals surface area contributed by atoms with Gasteiger partial charge in [-0.3, -0.25) is 10.1 Å². The molecule has 0 N–H and O–H groups in total. The van der Waals surface area contributed by atoms with Gasteiger partial charge >= 0.3 is 0 Å². The van der Waals surface area contributed by atoms with E-state index < -0.39 is 4.92 Å². The van der Waals surface area contributed by atoms with Crippen molar-refractivity contribution in [3.63, 3.8) is 0 Å². The first-order chi connectivity index (χ1) is 8.60. The van der Waals surface area contributed by atoms with Crippen molar-refractivity contribution in [1.82, 2.24) is 4.98 Å².